The number of rotatable bonds is 18. The second-order valence-corrected chi connectivity index (χ2v) is 30.9. The Balaban J connectivity index is -0.000000777. The SMILES string of the molecule is C.C.C.C.C.C.C.C.C.C.C.C.CNC(=O)c1cc(Cl)cc(C)c1NC(=O)c1cc(Br)nn1-c1ncccc1Cl.CNC(=O)c1cc(Cl)cc(C)c1NC(=O)c1cc(Cl)nn1-c1ncccc1Cl.Cc1cc(Cl)cc(C(=O)NC(C)C)c1NC(=O)c1cc(Br)nn1-c1ncccc1Cl.Cc1cc(Cl)cc(C(=O)NC(C)C)c1NC(=O)c1cc(Cl)nn1-c1ncccc1Cl. The van der Waals surface area contributed by atoms with Gasteiger partial charge in [0, 0.05) is 95.3 Å². The summed E-state index contributed by atoms with van der Waals surface area (Å²) in [4.78, 5) is 119. The van der Waals surface area contributed by atoms with Gasteiger partial charge in [-0.1, -0.05) is 205 Å². The van der Waals surface area contributed by atoms with E-state index in [0.717, 1.165) is 0 Å². The highest BCUT2D eigenvalue weighted by Gasteiger charge is 2.29. The van der Waals surface area contributed by atoms with Gasteiger partial charge in [0.1, 0.15) is 32.0 Å². The molecule has 28 nitrogen and oxygen atoms in total. The van der Waals surface area contributed by atoms with E-state index in [-0.39, 0.29) is 192 Å². The maximum Gasteiger partial charge on any atom is 0.274 e. The number of halogens is 12. The third-order valence-corrected chi connectivity index (χ3v) is 19.0. The van der Waals surface area contributed by atoms with Crippen molar-refractivity contribution >= 4 is 218 Å². The van der Waals surface area contributed by atoms with E-state index in [1.165, 1.54) is 87.7 Å². The quantitative estimate of drug-likeness (QED) is 0.0396. The summed E-state index contributed by atoms with van der Waals surface area (Å²) in [6.45, 7) is 14.4. The summed E-state index contributed by atoms with van der Waals surface area (Å²) in [5.41, 5.74) is 5.46. The minimum Gasteiger partial charge on any atom is -0.355 e. The summed E-state index contributed by atoms with van der Waals surface area (Å²) < 4.78 is 6.01. The lowest BCUT2D eigenvalue weighted by molar-refractivity contribution is 0.0934. The summed E-state index contributed by atoms with van der Waals surface area (Å²) in [6, 6.07) is 31.5. The molecule has 8 aromatic heterocycles. The van der Waals surface area contributed by atoms with Crippen LogP contribution in [0.2, 0.25) is 50.5 Å². The van der Waals surface area contributed by atoms with E-state index in [4.69, 9.17) is 116 Å². The molecule has 40 heteroatoms. The van der Waals surface area contributed by atoms with Gasteiger partial charge in [0.05, 0.1) is 65.1 Å². The first-order chi connectivity index (χ1) is 55.0. The first-order valence-electron chi connectivity index (χ1n) is 33.9. The van der Waals surface area contributed by atoms with Crippen LogP contribution in [0.3, 0.4) is 0 Å². The van der Waals surface area contributed by atoms with E-state index < -0.39 is 23.6 Å². The zero-order chi connectivity index (χ0) is 84.8. The standard InChI is InChI=1S/C20H18BrCl2N5O2.C20H18Cl3N5O2.C18H14BrCl2N5O2.C18H14Cl3N5O2.12CH4/c1-10(2)25-19(29)13-8-12(22)7-11(3)17(13)26-20(30)15-9-16(21)27-28(15)18-14(23)5-4-6-24-18;1-10(2)25-19(29)13-8-12(21)7-11(3)17(13)26-20(30)15-9-16(23)27-28(15)18-14(22)5-4-6-24-18;1-9-6-10(20)7-11(17(27)22-2)15(9)24-18(28)13-8-14(19)25-26(13)16-12(21)4-3-5-23-16;1-9-6-10(19)7-11(17(27)22-2)15(9)24-18(28)13-8-14(21)25-26(13)16-12(20)4-3-5-23-16;;;;;;;;;;;;/h2*4-10H,1-3H3,(H,25,29)(H,26,30);2*3-8H,1-2H3,(H,22,27)(H,24,28);12*1H4. The van der Waals surface area contributed by atoms with Crippen molar-refractivity contribution in [3.8, 4) is 23.3 Å². The Morgan fingerprint density at radius 2 is 0.516 bits per heavy atom. The van der Waals surface area contributed by atoms with Gasteiger partial charge in [-0.15, -0.1) is 0 Å². The molecule has 0 aliphatic rings. The zero-order valence-corrected chi connectivity index (χ0v) is 72.9. The highest BCUT2D eigenvalue weighted by Crippen LogP contribution is 2.34. The van der Waals surface area contributed by atoms with Crippen molar-refractivity contribution in [3.63, 3.8) is 0 Å². The van der Waals surface area contributed by atoms with Gasteiger partial charge in [0.25, 0.3) is 47.3 Å². The molecule has 8 amide bonds. The Morgan fingerprint density at radius 3 is 0.727 bits per heavy atom. The van der Waals surface area contributed by atoms with Crippen LogP contribution >= 0.6 is 148 Å². The van der Waals surface area contributed by atoms with E-state index in [1.807, 2.05) is 27.7 Å². The fraction of sp³-hybridized carbons (Fsp3) is 0.273. The van der Waals surface area contributed by atoms with Gasteiger partial charge < -0.3 is 42.5 Å². The molecule has 128 heavy (non-hydrogen) atoms. The fourth-order valence-corrected chi connectivity index (χ4v) is 13.9. The van der Waals surface area contributed by atoms with Crippen LogP contribution in [0.4, 0.5) is 22.7 Å². The maximum atomic E-state index is 13.1. The third kappa shape index (κ3) is 31.1. The molecule has 8 heterocycles. The fourth-order valence-electron chi connectivity index (χ4n) is 10.8. The van der Waals surface area contributed by atoms with E-state index in [0.29, 0.717) is 106 Å². The lowest BCUT2D eigenvalue weighted by atomic mass is 10.1. The lowest BCUT2D eigenvalue weighted by Gasteiger charge is -2.16. The van der Waals surface area contributed by atoms with Crippen LogP contribution in [-0.4, -0.2) is 132 Å². The van der Waals surface area contributed by atoms with Crippen molar-refractivity contribution in [1.29, 1.82) is 0 Å². The molecule has 0 unspecified atom stereocenters. The smallest absolute Gasteiger partial charge is 0.274 e. The number of aryl methyl sites for hydroxylation is 4. The largest absolute Gasteiger partial charge is 0.355 e. The maximum absolute atomic E-state index is 13.1. The molecule has 0 spiro atoms. The zero-order valence-electron chi connectivity index (χ0n) is 62.2. The molecule has 0 atom stereocenters. The molecule has 0 aliphatic heterocycles. The van der Waals surface area contributed by atoms with Crippen LogP contribution < -0.4 is 42.5 Å². The predicted molar refractivity (Wildman–Crippen MR) is 540 cm³/mol. The number of carbonyl (C=O) groups excluding carboxylic acids is 8. The molecule has 0 bridgehead atoms. The number of nitrogens with one attached hydrogen (secondary N) is 8. The second-order valence-electron chi connectivity index (χ2n) is 25.1. The summed E-state index contributed by atoms with van der Waals surface area (Å²) in [5, 5.41) is 41.4. The lowest BCUT2D eigenvalue weighted by Crippen LogP contribution is -2.31. The summed E-state index contributed by atoms with van der Waals surface area (Å²) in [5.74, 6) is -2.41. The molecule has 0 radical (unpaired) electrons. The summed E-state index contributed by atoms with van der Waals surface area (Å²) in [7, 11) is 2.99. The Hall–Kier alpha value is -10.1. The summed E-state index contributed by atoms with van der Waals surface area (Å²) in [6.07, 6.45) is 6.14. The van der Waals surface area contributed by atoms with Crippen molar-refractivity contribution in [3.05, 3.63) is 273 Å². The topological polar surface area (TPSA) is 356 Å². The van der Waals surface area contributed by atoms with Gasteiger partial charge in [-0.2, -0.15) is 20.4 Å². The number of anilines is 4. The molecular formula is C88H112Br2Cl10N20O8. The molecule has 0 fully saturated rings. The van der Waals surface area contributed by atoms with Crippen LogP contribution in [0, 0.1) is 27.7 Å². The third-order valence-electron chi connectivity index (χ3n) is 15.8. The molecule has 0 saturated carbocycles. The monoisotopic (exact) mass is 2080 g/mol. The van der Waals surface area contributed by atoms with Crippen molar-refractivity contribution in [2.45, 2.75) is 157 Å². The molecule has 4 aromatic carbocycles. The van der Waals surface area contributed by atoms with E-state index >= 15 is 0 Å². The van der Waals surface area contributed by atoms with Crippen LogP contribution in [0.1, 0.15) is 222 Å². The van der Waals surface area contributed by atoms with E-state index in [9.17, 15) is 38.4 Å². The van der Waals surface area contributed by atoms with E-state index in [2.05, 4.69) is 115 Å². The Labute approximate surface area is 818 Å². The Kier molecular flexibility index (Phi) is 54.1. The minimum absolute atomic E-state index is 0. The molecule has 12 rings (SSSR count). The number of hydrogen-bond donors (Lipinski definition) is 8. The number of hydrogen-bond acceptors (Lipinski definition) is 16. The van der Waals surface area contributed by atoms with Gasteiger partial charge in [-0.3, -0.25) is 38.4 Å². The van der Waals surface area contributed by atoms with Crippen molar-refractivity contribution < 1.29 is 38.4 Å². The van der Waals surface area contributed by atoms with Crippen molar-refractivity contribution in [2.75, 3.05) is 35.4 Å². The number of nitrogens with zero attached hydrogens (tertiary/aromatic N) is 12. The van der Waals surface area contributed by atoms with Gasteiger partial charge in [0.2, 0.25) is 0 Å². The van der Waals surface area contributed by atoms with Crippen LogP contribution in [-0.2, 0) is 0 Å². The number of benzene rings is 4. The van der Waals surface area contributed by atoms with E-state index in [1.54, 1.807) is 119 Å². The van der Waals surface area contributed by atoms with Crippen LogP contribution in [0.15, 0.2) is 155 Å². The molecule has 0 saturated heterocycles. The first-order valence-corrected chi connectivity index (χ1v) is 39.3. The van der Waals surface area contributed by atoms with Crippen LogP contribution in [0.5, 0.6) is 0 Å². The Bertz CT molecular complexity index is 5480. The molecular weight excluding hydrogens is 1980 g/mol. The van der Waals surface area contributed by atoms with Gasteiger partial charge in [-0.25, -0.2) is 38.7 Å². The molecule has 696 valence electrons. The average molecular weight is 2090 g/mol. The summed E-state index contributed by atoms with van der Waals surface area (Å²) >= 11 is 67.8. The minimum atomic E-state index is -0.545. The molecule has 0 aliphatic carbocycles. The highest BCUT2D eigenvalue weighted by molar-refractivity contribution is 9.10. The normalized spacial score (nSPS) is 9.75. The van der Waals surface area contributed by atoms with Gasteiger partial charge >= 0.3 is 0 Å². The van der Waals surface area contributed by atoms with Crippen molar-refractivity contribution in [2.24, 2.45) is 0 Å². The van der Waals surface area contributed by atoms with Gasteiger partial charge in [0.15, 0.2) is 33.6 Å². The number of amides is 8. The Morgan fingerprint density at radius 1 is 0.305 bits per heavy atom. The average Bonchev–Trinajstić information content (AvgIpc) is 0.944. The van der Waals surface area contributed by atoms with Gasteiger partial charge in [-0.05, 0) is 207 Å². The molecule has 8 N–H and O–H groups in total. The predicted octanol–water partition coefficient (Wildman–Crippen LogP) is 26.0. The second kappa shape index (κ2) is 55.7. The first kappa shape index (κ1) is 124. The van der Waals surface area contributed by atoms with Crippen molar-refractivity contribution in [1.82, 2.24) is 80.3 Å². The molecule has 12 aromatic rings. The van der Waals surface area contributed by atoms with Crippen LogP contribution in [0.25, 0.3) is 23.3 Å². The number of pyridine rings is 4. The number of carbonyl (C=O) groups is 8. The number of aromatic nitrogens is 12. The highest BCUT2D eigenvalue weighted by atomic mass is 79.9.